The lowest BCUT2D eigenvalue weighted by Crippen LogP contribution is -2.04. The molecule has 0 bridgehead atoms. The van der Waals surface area contributed by atoms with Gasteiger partial charge >= 0.3 is 0 Å². The molecule has 0 radical (unpaired) electrons. The molecule has 108 valence electrons. The lowest BCUT2D eigenvalue weighted by molar-refractivity contribution is -0.111. The molecule has 0 amide bonds. The zero-order chi connectivity index (χ0) is 15.5. The Morgan fingerprint density at radius 2 is 1.09 bits per heavy atom. The lowest BCUT2D eigenvalue weighted by atomic mass is 9.91. The second kappa shape index (κ2) is 6.35. The number of ketones is 1. The monoisotopic (exact) mass is 326 g/mol. The molecule has 1 nitrogen and oxygen atoms in total. The fourth-order valence-corrected chi connectivity index (χ4v) is 2.90. The minimum absolute atomic E-state index is 0.131. The number of hydrogen-bond donors (Lipinski definition) is 0. The largest absolute Gasteiger partial charge is 0.287 e. The van der Waals surface area contributed by atoms with Gasteiger partial charge in [0.15, 0.2) is 0 Å². The molecule has 0 saturated heterocycles. The topological polar surface area (TPSA) is 17.1 Å². The Morgan fingerprint density at radius 3 is 1.50 bits per heavy atom. The third kappa shape index (κ3) is 2.92. The van der Waals surface area contributed by atoms with Crippen LogP contribution in [-0.4, -0.2) is 5.78 Å². The van der Waals surface area contributed by atoms with Crippen LogP contribution in [0.2, 0.25) is 0 Å². The molecule has 1 aliphatic carbocycles. The maximum atomic E-state index is 11.7. The second-order valence-corrected chi connectivity index (χ2v) is 5.69. The number of halogens is 2. The maximum Gasteiger partial charge on any atom is 0.215 e. The average Bonchev–Trinajstić information content (AvgIpc) is 2.55. The van der Waals surface area contributed by atoms with Gasteiger partial charge in [0.25, 0.3) is 0 Å². The van der Waals surface area contributed by atoms with Crippen LogP contribution < -0.4 is 0 Å². The molecule has 0 spiro atoms. The summed E-state index contributed by atoms with van der Waals surface area (Å²) in [5.74, 6) is -0.340. The first-order valence-corrected chi connectivity index (χ1v) is 7.56. The zero-order valence-electron chi connectivity index (χ0n) is 11.6. The molecule has 2 aromatic rings. The van der Waals surface area contributed by atoms with Gasteiger partial charge in [-0.25, -0.2) is 0 Å². The van der Waals surface area contributed by atoms with Crippen molar-refractivity contribution in [1.29, 1.82) is 0 Å². The molecule has 0 aromatic heterocycles. The summed E-state index contributed by atoms with van der Waals surface area (Å²) < 4.78 is 0. The first-order valence-electron chi connectivity index (χ1n) is 6.81. The van der Waals surface area contributed by atoms with Crippen molar-refractivity contribution in [2.75, 3.05) is 0 Å². The Kier molecular flexibility index (Phi) is 4.28. The van der Waals surface area contributed by atoms with Crippen molar-refractivity contribution in [3.8, 4) is 0 Å². The quantitative estimate of drug-likeness (QED) is 0.730. The number of benzene rings is 2. The molecule has 0 atom stereocenters. The van der Waals surface area contributed by atoms with E-state index in [1.807, 2.05) is 60.7 Å². The highest BCUT2D eigenvalue weighted by Gasteiger charge is 2.20. The third-order valence-corrected chi connectivity index (χ3v) is 3.97. The number of carbonyl (C=O) groups excluding carboxylic acids is 1. The van der Waals surface area contributed by atoms with Crippen LogP contribution in [0, 0.1) is 0 Å². The summed E-state index contributed by atoms with van der Waals surface area (Å²) in [4.78, 5) is 11.7. The summed E-state index contributed by atoms with van der Waals surface area (Å²) in [5.41, 5.74) is 3.90. The first kappa shape index (κ1) is 14.8. The van der Waals surface area contributed by atoms with Crippen LogP contribution >= 0.6 is 23.2 Å². The van der Waals surface area contributed by atoms with E-state index in [9.17, 15) is 4.79 Å². The summed E-state index contributed by atoms with van der Waals surface area (Å²) in [6.45, 7) is 0. The van der Waals surface area contributed by atoms with E-state index < -0.39 is 0 Å². The highest BCUT2D eigenvalue weighted by Crippen LogP contribution is 2.33. The van der Waals surface area contributed by atoms with Crippen molar-refractivity contribution in [2.45, 2.75) is 0 Å². The Bertz CT molecular complexity index is 734. The molecule has 3 rings (SSSR count). The van der Waals surface area contributed by atoms with Crippen molar-refractivity contribution in [3.05, 3.63) is 99.6 Å². The first-order chi connectivity index (χ1) is 10.7. The van der Waals surface area contributed by atoms with Gasteiger partial charge in [0, 0.05) is 0 Å². The predicted octanol–water partition coefficient (Wildman–Crippen LogP) is 5.32. The Balaban J connectivity index is 2.27. The fraction of sp³-hybridized carbons (Fsp3) is 0. The van der Waals surface area contributed by atoms with E-state index in [0.717, 1.165) is 22.3 Å². The van der Waals surface area contributed by atoms with Crippen LogP contribution in [0.3, 0.4) is 0 Å². The standard InChI is InChI=1S/C19H12Cl2O/c20-16-11-15(12-17(21)19(16)22)18(13-7-3-1-4-8-13)14-9-5-2-6-10-14/h1-12H. The summed E-state index contributed by atoms with van der Waals surface area (Å²) >= 11 is 12.1. The minimum Gasteiger partial charge on any atom is -0.287 e. The molecule has 0 N–H and O–H groups in total. The van der Waals surface area contributed by atoms with E-state index >= 15 is 0 Å². The van der Waals surface area contributed by atoms with E-state index in [-0.39, 0.29) is 15.8 Å². The zero-order valence-corrected chi connectivity index (χ0v) is 13.1. The third-order valence-electron chi connectivity index (χ3n) is 3.41. The van der Waals surface area contributed by atoms with E-state index in [2.05, 4.69) is 0 Å². The maximum absolute atomic E-state index is 11.7. The summed E-state index contributed by atoms with van der Waals surface area (Å²) in [6.07, 6.45) is 3.34. The second-order valence-electron chi connectivity index (χ2n) is 4.88. The van der Waals surface area contributed by atoms with Crippen molar-refractivity contribution < 1.29 is 4.79 Å². The molecule has 0 saturated carbocycles. The number of carbonyl (C=O) groups is 1. The van der Waals surface area contributed by atoms with Gasteiger partial charge in [-0.15, -0.1) is 0 Å². The van der Waals surface area contributed by atoms with Crippen LogP contribution in [0.5, 0.6) is 0 Å². The lowest BCUT2D eigenvalue weighted by Gasteiger charge is -2.15. The molecule has 1 aliphatic rings. The van der Waals surface area contributed by atoms with Crippen molar-refractivity contribution >= 4 is 34.6 Å². The molecular weight excluding hydrogens is 315 g/mol. The average molecular weight is 327 g/mol. The van der Waals surface area contributed by atoms with Crippen molar-refractivity contribution in [3.63, 3.8) is 0 Å². The van der Waals surface area contributed by atoms with Gasteiger partial charge in [0.05, 0.1) is 10.1 Å². The van der Waals surface area contributed by atoms with E-state index in [4.69, 9.17) is 23.2 Å². The van der Waals surface area contributed by atoms with Gasteiger partial charge in [-0.3, -0.25) is 4.79 Å². The molecule has 22 heavy (non-hydrogen) atoms. The van der Waals surface area contributed by atoms with Gasteiger partial charge in [-0.2, -0.15) is 0 Å². The number of allylic oxidation sites excluding steroid dienone is 5. The van der Waals surface area contributed by atoms with E-state index in [1.54, 1.807) is 12.2 Å². The summed E-state index contributed by atoms with van der Waals surface area (Å²) in [7, 11) is 0. The van der Waals surface area contributed by atoms with Crippen LogP contribution in [0.25, 0.3) is 5.57 Å². The number of rotatable bonds is 2. The normalized spacial score (nSPS) is 14.5. The van der Waals surface area contributed by atoms with Crippen molar-refractivity contribution in [1.82, 2.24) is 0 Å². The van der Waals surface area contributed by atoms with Crippen LogP contribution in [0.1, 0.15) is 11.1 Å². The molecule has 2 aromatic carbocycles. The molecule has 0 aliphatic heterocycles. The molecule has 0 unspecified atom stereocenters. The Morgan fingerprint density at radius 1 is 0.682 bits per heavy atom. The molecule has 3 heteroatoms. The SMILES string of the molecule is O=C1C(Cl)=CC(=C(c2ccccc2)c2ccccc2)C=C1Cl. The number of Topliss-reactive ketones (excluding diaryl/α,β-unsaturated/α-hetero) is 1. The minimum atomic E-state index is -0.340. The van der Waals surface area contributed by atoms with Gasteiger partial charge in [0.1, 0.15) is 0 Å². The highest BCUT2D eigenvalue weighted by atomic mass is 35.5. The van der Waals surface area contributed by atoms with Gasteiger partial charge in [0.2, 0.25) is 5.78 Å². The summed E-state index contributed by atoms with van der Waals surface area (Å²) in [5, 5.41) is 0.263. The molecule has 0 heterocycles. The predicted molar refractivity (Wildman–Crippen MR) is 91.8 cm³/mol. The fourth-order valence-electron chi connectivity index (χ4n) is 2.41. The Labute approximate surface area is 139 Å². The van der Waals surface area contributed by atoms with E-state index in [0.29, 0.717) is 0 Å². The Hall–Kier alpha value is -2.09. The van der Waals surface area contributed by atoms with Gasteiger partial charge in [-0.1, -0.05) is 83.9 Å². The number of hydrogen-bond acceptors (Lipinski definition) is 1. The smallest absolute Gasteiger partial charge is 0.215 e. The summed E-state index contributed by atoms with van der Waals surface area (Å²) in [6, 6.07) is 19.9. The van der Waals surface area contributed by atoms with Gasteiger partial charge < -0.3 is 0 Å². The molecular formula is C19H12Cl2O. The van der Waals surface area contributed by atoms with Crippen LogP contribution in [0.15, 0.2) is 88.5 Å². The highest BCUT2D eigenvalue weighted by molar-refractivity contribution is 6.55. The van der Waals surface area contributed by atoms with Gasteiger partial charge in [-0.05, 0) is 34.4 Å². The van der Waals surface area contributed by atoms with Crippen LogP contribution in [-0.2, 0) is 4.79 Å². The van der Waals surface area contributed by atoms with Crippen LogP contribution in [0.4, 0.5) is 0 Å². The molecule has 0 fully saturated rings. The van der Waals surface area contributed by atoms with E-state index in [1.165, 1.54) is 0 Å². The van der Waals surface area contributed by atoms with Crippen molar-refractivity contribution in [2.24, 2.45) is 0 Å².